The number of aliphatic hydroxyl groups excluding tert-OH is 1. The summed E-state index contributed by atoms with van der Waals surface area (Å²) in [6, 6.07) is 12.1. The summed E-state index contributed by atoms with van der Waals surface area (Å²) in [6.07, 6.45) is 0.304. The Labute approximate surface area is 101 Å². The molecule has 1 aromatic carbocycles. The van der Waals surface area contributed by atoms with Crippen LogP contribution in [-0.2, 0) is 0 Å². The first kappa shape index (κ1) is 12.0. The second-order valence-electron chi connectivity index (χ2n) is 4.45. The third-order valence-electron chi connectivity index (χ3n) is 2.95. The fourth-order valence-electron chi connectivity index (χ4n) is 2.06. The van der Waals surface area contributed by atoms with Gasteiger partial charge in [0.1, 0.15) is 0 Å². The van der Waals surface area contributed by atoms with Crippen molar-refractivity contribution in [3.63, 3.8) is 0 Å². The number of fused-ring (bicyclic) bond motifs is 1. The minimum atomic E-state index is -0.350. The van der Waals surface area contributed by atoms with Gasteiger partial charge in [0.2, 0.25) is 0 Å². The lowest BCUT2D eigenvalue weighted by atomic mass is 9.97. The Bertz CT molecular complexity index is 496. The Morgan fingerprint density at radius 1 is 1.24 bits per heavy atom. The molecule has 0 bridgehead atoms. The van der Waals surface area contributed by atoms with Crippen LogP contribution in [-0.4, -0.2) is 22.7 Å². The Morgan fingerprint density at radius 3 is 2.71 bits per heavy atom. The number of aliphatic hydroxyl groups is 1. The Morgan fingerprint density at radius 2 is 2.00 bits per heavy atom. The molecule has 0 fully saturated rings. The van der Waals surface area contributed by atoms with E-state index in [1.807, 2.05) is 30.3 Å². The Balaban J connectivity index is 2.34. The van der Waals surface area contributed by atoms with E-state index < -0.39 is 0 Å². The number of hydrogen-bond donors (Lipinski definition) is 2. The predicted octanol–water partition coefficient (Wildman–Crippen LogP) is 2.05. The zero-order valence-corrected chi connectivity index (χ0v) is 10.0. The predicted molar refractivity (Wildman–Crippen MR) is 69.8 cm³/mol. The van der Waals surface area contributed by atoms with Gasteiger partial charge in [-0.15, -0.1) is 0 Å². The summed E-state index contributed by atoms with van der Waals surface area (Å²) in [5, 5.41) is 10.6. The van der Waals surface area contributed by atoms with E-state index in [0.29, 0.717) is 13.0 Å². The molecule has 1 heterocycles. The summed E-state index contributed by atoms with van der Waals surface area (Å²) in [5.41, 5.74) is 7.69. The van der Waals surface area contributed by atoms with Crippen molar-refractivity contribution >= 4 is 10.9 Å². The highest BCUT2D eigenvalue weighted by Gasteiger charge is 2.14. The van der Waals surface area contributed by atoms with Crippen LogP contribution in [0, 0.1) is 0 Å². The third kappa shape index (κ3) is 2.81. The molecule has 0 amide bonds. The molecule has 1 aromatic heterocycles. The van der Waals surface area contributed by atoms with Crippen molar-refractivity contribution in [2.45, 2.75) is 25.4 Å². The van der Waals surface area contributed by atoms with Crippen LogP contribution in [0.15, 0.2) is 36.4 Å². The molecule has 2 aromatic rings. The lowest BCUT2D eigenvalue weighted by Crippen LogP contribution is -2.18. The minimum absolute atomic E-state index is 0.125. The molecule has 0 aliphatic carbocycles. The van der Waals surface area contributed by atoms with E-state index in [-0.39, 0.29) is 12.0 Å². The number of rotatable bonds is 4. The largest absolute Gasteiger partial charge is 0.393 e. The van der Waals surface area contributed by atoms with Crippen LogP contribution in [0.25, 0.3) is 10.9 Å². The summed E-state index contributed by atoms with van der Waals surface area (Å²) in [4.78, 5) is 4.61. The van der Waals surface area contributed by atoms with Gasteiger partial charge in [0.25, 0.3) is 0 Å². The second-order valence-corrected chi connectivity index (χ2v) is 4.45. The SMILES string of the molecule is CC(O)CC(CN)c1ccc2ccccc2n1. The van der Waals surface area contributed by atoms with E-state index >= 15 is 0 Å². The first-order chi connectivity index (χ1) is 8.20. The molecule has 2 rings (SSSR count). The maximum absolute atomic E-state index is 9.45. The van der Waals surface area contributed by atoms with Gasteiger partial charge in [0.05, 0.1) is 11.6 Å². The smallest absolute Gasteiger partial charge is 0.0705 e. The van der Waals surface area contributed by atoms with Crippen molar-refractivity contribution in [1.29, 1.82) is 0 Å². The fourth-order valence-corrected chi connectivity index (χ4v) is 2.06. The van der Waals surface area contributed by atoms with Gasteiger partial charge in [-0.25, -0.2) is 0 Å². The van der Waals surface area contributed by atoms with Crippen LogP contribution in [0.2, 0.25) is 0 Å². The van der Waals surface area contributed by atoms with Gasteiger partial charge in [-0.05, 0) is 25.5 Å². The van der Waals surface area contributed by atoms with Crippen molar-refractivity contribution in [2.24, 2.45) is 5.73 Å². The van der Waals surface area contributed by atoms with Gasteiger partial charge < -0.3 is 10.8 Å². The summed E-state index contributed by atoms with van der Waals surface area (Å²) in [7, 11) is 0. The molecular formula is C14H18N2O. The molecule has 0 aliphatic heterocycles. The van der Waals surface area contributed by atoms with Gasteiger partial charge in [0, 0.05) is 23.5 Å². The number of nitrogens with zero attached hydrogens (tertiary/aromatic N) is 1. The van der Waals surface area contributed by atoms with Crippen molar-refractivity contribution in [3.8, 4) is 0 Å². The van der Waals surface area contributed by atoms with Gasteiger partial charge in [-0.2, -0.15) is 0 Å². The monoisotopic (exact) mass is 230 g/mol. The first-order valence-electron chi connectivity index (χ1n) is 5.94. The number of para-hydroxylation sites is 1. The maximum atomic E-state index is 9.45. The second kappa shape index (κ2) is 5.25. The van der Waals surface area contributed by atoms with Crippen LogP contribution in [0.5, 0.6) is 0 Å². The molecule has 90 valence electrons. The minimum Gasteiger partial charge on any atom is -0.393 e. The third-order valence-corrected chi connectivity index (χ3v) is 2.95. The van der Waals surface area contributed by atoms with Gasteiger partial charge in [-0.3, -0.25) is 4.98 Å². The molecule has 0 spiro atoms. The van der Waals surface area contributed by atoms with Crippen molar-refractivity contribution in [1.82, 2.24) is 4.98 Å². The summed E-state index contributed by atoms with van der Waals surface area (Å²) < 4.78 is 0. The molecule has 0 aliphatic rings. The average molecular weight is 230 g/mol. The van der Waals surface area contributed by atoms with Crippen LogP contribution >= 0.6 is 0 Å². The average Bonchev–Trinajstić information content (AvgIpc) is 2.35. The van der Waals surface area contributed by atoms with E-state index in [0.717, 1.165) is 16.6 Å². The van der Waals surface area contributed by atoms with E-state index in [4.69, 9.17) is 5.73 Å². The molecule has 0 saturated carbocycles. The highest BCUT2D eigenvalue weighted by atomic mass is 16.3. The normalized spacial score (nSPS) is 14.8. The topological polar surface area (TPSA) is 59.1 Å². The molecule has 3 N–H and O–H groups in total. The van der Waals surface area contributed by atoms with Crippen molar-refractivity contribution < 1.29 is 5.11 Å². The zero-order valence-electron chi connectivity index (χ0n) is 10.0. The summed E-state index contributed by atoms with van der Waals surface area (Å²) >= 11 is 0. The lowest BCUT2D eigenvalue weighted by molar-refractivity contribution is 0.174. The molecule has 17 heavy (non-hydrogen) atoms. The summed E-state index contributed by atoms with van der Waals surface area (Å²) in [5.74, 6) is 0.125. The van der Waals surface area contributed by atoms with Crippen LogP contribution < -0.4 is 5.73 Å². The highest BCUT2D eigenvalue weighted by Crippen LogP contribution is 2.21. The van der Waals surface area contributed by atoms with Gasteiger partial charge >= 0.3 is 0 Å². The number of hydrogen-bond acceptors (Lipinski definition) is 3. The maximum Gasteiger partial charge on any atom is 0.0705 e. The zero-order chi connectivity index (χ0) is 12.3. The number of aromatic nitrogens is 1. The van der Waals surface area contributed by atoms with Crippen LogP contribution in [0.1, 0.15) is 25.0 Å². The van der Waals surface area contributed by atoms with Gasteiger partial charge in [0.15, 0.2) is 0 Å². The number of pyridine rings is 1. The Kier molecular flexibility index (Phi) is 3.71. The van der Waals surface area contributed by atoms with E-state index in [1.165, 1.54) is 0 Å². The van der Waals surface area contributed by atoms with E-state index in [1.54, 1.807) is 6.92 Å². The molecule has 2 unspecified atom stereocenters. The molecular weight excluding hydrogens is 212 g/mol. The van der Waals surface area contributed by atoms with Crippen molar-refractivity contribution in [2.75, 3.05) is 6.54 Å². The quantitative estimate of drug-likeness (QED) is 0.845. The molecule has 0 radical (unpaired) electrons. The molecule has 3 heteroatoms. The van der Waals surface area contributed by atoms with Gasteiger partial charge in [-0.1, -0.05) is 24.3 Å². The van der Waals surface area contributed by atoms with E-state index in [2.05, 4.69) is 11.1 Å². The van der Waals surface area contributed by atoms with Crippen LogP contribution in [0.3, 0.4) is 0 Å². The highest BCUT2D eigenvalue weighted by molar-refractivity contribution is 5.78. The standard InChI is InChI=1S/C14H18N2O/c1-10(17)8-12(9-15)14-7-6-11-4-2-3-5-13(11)16-14/h2-7,10,12,17H,8-9,15H2,1H3. The fraction of sp³-hybridized carbons (Fsp3) is 0.357. The molecule has 2 atom stereocenters. The lowest BCUT2D eigenvalue weighted by Gasteiger charge is -2.16. The molecule has 3 nitrogen and oxygen atoms in total. The molecule has 0 saturated heterocycles. The van der Waals surface area contributed by atoms with Crippen molar-refractivity contribution in [3.05, 3.63) is 42.1 Å². The summed E-state index contributed by atoms with van der Waals surface area (Å²) in [6.45, 7) is 2.29. The first-order valence-corrected chi connectivity index (χ1v) is 5.94. The van der Waals surface area contributed by atoms with E-state index in [9.17, 15) is 5.11 Å². The number of nitrogens with two attached hydrogens (primary N) is 1. The Hall–Kier alpha value is -1.45. The number of benzene rings is 1. The van der Waals surface area contributed by atoms with Crippen LogP contribution in [0.4, 0.5) is 0 Å².